The standard InChI is InChI=1S/C18H22N4O4/c1-24-14-5-3-13(4-6-14)9-20-18(23)22-8-7-15(12-22)26-17-11-19-10-16(21-17)25-2/h3-6,10-11,15H,7-9,12H2,1-2H3,(H,20,23)/t15-/m1/s1. The fourth-order valence-electron chi connectivity index (χ4n) is 2.70. The predicted molar refractivity (Wildman–Crippen MR) is 94.4 cm³/mol. The van der Waals surface area contributed by atoms with Gasteiger partial charge in [0, 0.05) is 19.5 Å². The highest BCUT2D eigenvalue weighted by Crippen LogP contribution is 2.18. The summed E-state index contributed by atoms with van der Waals surface area (Å²) in [7, 11) is 3.15. The molecule has 1 fully saturated rings. The topological polar surface area (TPSA) is 85.8 Å². The molecule has 2 amide bonds. The summed E-state index contributed by atoms with van der Waals surface area (Å²) in [5, 5.41) is 2.92. The first-order valence-corrected chi connectivity index (χ1v) is 8.36. The van der Waals surface area contributed by atoms with Crippen molar-refractivity contribution < 1.29 is 19.0 Å². The molecule has 0 saturated carbocycles. The number of nitrogens with zero attached hydrogens (tertiary/aromatic N) is 3. The lowest BCUT2D eigenvalue weighted by molar-refractivity contribution is 0.181. The van der Waals surface area contributed by atoms with Crippen molar-refractivity contribution in [2.24, 2.45) is 0 Å². The maximum Gasteiger partial charge on any atom is 0.317 e. The lowest BCUT2D eigenvalue weighted by Crippen LogP contribution is -2.39. The van der Waals surface area contributed by atoms with Crippen LogP contribution in [0.4, 0.5) is 4.79 Å². The van der Waals surface area contributed by atoms with E-state index in [9.17, 15) is 4.79 Å². The number of methoxy groups -OCH3 is 2. The number of carbonyl (C=O) groups is 1. The number of ether oxygens (including phenoxy) is 3. The average molecular weight is 358 g/mol. The van der Waals surface area contributed by atoms with E-state index in [4.69, 9.17) is 14.2 Å². The number of amides is 2. The van der Waals surface area contributed by atoms with Crippen LogP contribution in [0.2, 0.25) is 0 Å². The van der Waals surface area contributed by atoms with Crippen molar-refractivity contribution in [2.45, 2.75) is 19.1 Å². The van der Waals surface area contributed by atoms with E-state index in [0.717, 1.165) is 17.7 Å². The number of rotatable bonds is 6. The molecule has 8 heteroatoms. The zero-order chi connectivity index (χ0) is 18.4. The van der Waals surface area contributed by atoms with Crippen molar-refractivity contribution in [2.75, 3.05) is 27.3 Å². The van der Waals surface area contributed by atoms with Crippen LogP contribution in [0.3, 0.4) is 0 Å². The van der Waals surface area contributed by atoms with E-state index < -0.39 is 0 Å². The number of hydrogen-bond acceptors (Lipinski definition) is 6. The molecule has 1 aromatic heterocycles. The number of urea groups is 1. The molecule has 26 heavy (non-hydrogen) atoms. The minimum absolute atomic E-state index is 0.108. The fourth-order valence-corrected chi connectivity index (χ4v) is 2.70. The summed E-state index contributed by atoms with van der Waals surface area (Å²) in [5.74, 6) is 1.59. The van der Waals surface area contributed by atoms with E-state index in [2.05, 4.69) is 15.3 Å². The highest BCUT2D eigenvalue weighted by Gasteiger charge is 2.28. The van der Waals surface area contributed by atoms with Crippen LogP contribution in [0, 0.1) is 0 Å². The first-order valence-electron chi connectivity index (χ1n) is 8.36. The second-order valence-electron chi connectivity index (χ2n) is 5.88. The van der Waals surface area contributed by atoms with Gasteiger partial charge in [-0.3, -0.25) is 4.98 Å². The zero-order valence-electron chi connectivity index (χ0n) is 14.8. The Morgan fingerprint density at radius 3 is 2.69 bits per heavy atom. The summed E-state index contributed by atoms with van der Waals surface area (Å²) in [6.07, 6.45) is 3.69. The maximum absolute atomic E-state index is 12.3. The molecule has 0 unspecified atom stereocenters. The van der Waals surface area contributed by atoms with Gasteiger partial charge < -0.3 is 24.4 Å². The van der Waals surface area contributed by atoms with Crippen LogP contribution >= 0.6 is 0 Å². The molecule has 1 saturated heterocycles. The Kier molecular flexibility index (Phi) is 5.73. The molecule has 1 aromatic carbocycles. The molecule has 0 aliphatic carbocycles. The third-order valence-electron chi connectivity index (χ3n) is 4.12. The molecule has 3 rings (SSSR count). The molecule has 2 aromatic rings. The fraction of sp³-hybridized carbons (Fsp3) is 0.389. The number of carbonyl (C=O) groups excluding carboxylic acids is 1. The van der Waals surface area contributed by atoms with Crippen LogP contribution < -0.4 is 19.5 Å². The summed E-state index contributed by atoms with van der Waals surface area (Å²) in [6.45, 7) is 1.61. The number of nitrogens with one attached hydrogen (secondary N) is 1. The molecule has 1 atom stereocenters. The van der Waals surface area contributed by atoms with Gasteiger partial charge in [0.1, 0.15) is 11.9 Å². The third kappa shape index (κ3) is 4.53. The Balaban J connectivity index is 1.47. The van der Waals surface area contributed by atoms with Crippen molar-refractivity contribution >= 4 is 6.03 Å². The molecule has 0 spiro atoms. The van der Waals surface area contributed by atoms with Crippen LogP contribution in [0.25, 0.3) is 0 Å². The lowest BCUT2D eigenvalue weighted by atomic mass is 10.2. The van der Waals surface area contributed by atoms with E-state index in [0.29, 0.717) is 31.4 Å². The van der Waals surface area contributed by atoms with Gasteiger partial charge >= 0.3 is 6.03 Å². The van der Waals surface area contributed by atoms with Crippen LogP contribution in [0.5, 0.6) is 17.5 Å². The van der Waals surface area contributed by atoms with Gasteiger partial charge in [0.25, 0.3) is 0 Å². The van der Waals surface area contributed by atoms with Gasteiger partial charge in [0.2, 0.25) is 11.8 Å². The van der Waals surface area contributed by atoms with Crippen LogP contribution in [0.1, 0.15) is 12.0 Å². The molecule has 1 aliphatic heterocycles. The lowest BCUT2D eigenvalue weighted by Gasteiger charge is -2.18. The SMILES string of the molecule is COc1ccc(CNC(=O)N2CC[C@@H](Oc3cncc(OC)n3)C2)cc1. The van der Waals surface area contributed by atoms with Crippen molar-refractivity contribution in [1.82, 2.24) is 20.2 Å². The van der Waals surface area contributed by atoms with Gasteiger partial charge in [-0.2, -0.15) is 4.98 Å². The van der Waals surface area contributed by atoms with Gasteiger partial charge in [-0.1, -0.05) is 12.1 Å². The molecule has 0 bridgehead atoms. The summed E-state index contributed by atoms with van der Waals surface area (Å²) < 4.78 is 16.0. The van der Waals surface area contributed by atoms with Gasteiger partial charge in [-0.15, -0.1) is 0 Å². The monoisotopic (exact) mass is 358 g/mol. The second kappa shape index (κ2) is 8.37. The number of benzene rings is 1. The van der Waals surface area contributed by atoms with Crippen molar-refractivity contribution in [3.8, 4) is 17.5 Å². The van der Waals surface area contributed by atoms with Gasteiger partial charge in [0.15, 0.2) is 0 Å². The largest absolute Gasteiger partial charge is 0.497 e. The molecule has 138 valence electrons. The zero-order valence-corrected chi connectivity index (χ0v) is 14.8. The Labute approximate surface area is 152 Å². The molecule has 8 nitrogen and oxygen atoms in total. The Morgan fingerprint density at radius 2 is 1.96 bits per heavy atom. The van der Waals surface area contributed by atoms with Crippen molar-refractivity contribution in [3.05, 3.63) is 42.2 Å². The smallest absolute Gasteiger partial charge is 0.317 e. The Morgan fingerprint density at radius 1 is 1.19 bits per heavy atom. The normalized spacial score (nSPS) is 16.2. The average Bonchev–Trinajstić information content (AvgIpc) is 3.15. The molecule has 2 heterocycles. The maximum atomic E-state index is 12.3. The number of hydrogen-bond donors (Lipinski definition) is 1. The summed E-state index contributed by atoms with van der Waals surface area (Å²) in [6, 6.07) is 7.49. The molecule has 0 radical (unpaired) electrons. The van der Waals surface area contributed by atoms with E-state index in [1.165, 1.54) is 19.5 Å². The highest BCUT2D eigenvalue weighted by molar-refractivity contribution is 5.74. The first kappa shape index (κ1) is 17.8. The summed E-state index contributed by atoms with van der Waals surface area (Å²) in [5.41, 5.74) is 1.01. The number of aromatic nitrogens is 2. The van der Waals surface area contributed by atoms with Crippen LogP contribution in [0.15, 0.2) is 36.7 Å². The van der Waals surface area contributed by atoms with Crippen LogP contribution in [-0.4, -0.2) is 54.3 Å². The van der Waals surface area contributed by atoms with Crippen molar-refractivity contribution in [3.63, 3.8) is 0 Å². The van der Waals surface area contributed by atoms with E-state index >= 15 is 0 Å². The van der Waals surface area contributed by atoms with E-state index in [-0.39, 0.29) is 12.1 Å². The molecule has 1 aliphatic rings. The molecule has 1 N–H and O–H groups in total. The van der Waals surface area contributed by atoms with Gasteiger partial charge in [0.05, 0.1) is 33.2 Å². The van der Waals surface area contributed by atoms with E-state index in [1.807, 2.05) is 24.3 Å². The first-order chi connectivity index (χ1) is 12.7. The quantitative estimate of drug-likeness (QED) is 0.848. The minimum atomic E-state index is -0.108. The minimum Gasteiger partial charge on any atom is -0.497 e. The van der Waals surface area contributed by atoms with Crippen molar-refractivity contribution in [1.29, 1.82) is 0 Å². The Bertz CT molecular complexity index is 738. The molecular weight excluding hydrogens is 336 g/mol. The van der Waals surface area contributed by atoms with Crippen LogP contribution in [-0.2, 0) is 6.54 Å². The second-order valence-corrected chi connectivity index (χ2v) is 5.88. The highest BCUT2D eigenvalue weighted by atomic mass is 16.5. The molecular formula is C18H22N4O4. The van der Waals surface area contributed by atoms with Gasteiger partial charge in [-0.05, 0) is 17.7 Å². The third-order valence-corrected chi connectivity index (χ3v) is 4.12. The summed E-state index contributed by atoms with van der Waals surface area (Å²) in [4.78, 5) is 22.3. The number of likely N-dealkylation sites (tertiary alicyclic amines) is 1. The van der Waals surface area contributed by atoms with Gasteiger partial charge in [-0.25, -0.2) is 4.79 Å². The summed E-state index contributed by atoms with van der Waals surface area (Å²) >= 11 is 0. The predicted octanol–water partition coefficient (Wildman–Crippen LogP) is 1.86. The van der Waals surface area contributed by atoms with E-state index in [1.54, 1.807) is 12.0 Å². The Hall–Kier alpha value is -3.03.